The van der Waals surface area contributed by atoms with Crippen LogP contribution in [0.15, 0.2) is 77.6 Å². The zero-order valence-electron chi connectivity index (χ0n) is 23.6. The monoisotopic (exact) mass is 587 g/mol. The number of likely N-dealkylation sites (N-methyl/N-ethyl adjacent to an activating group) is 1. The number of hydrogen-bond acceptors (Lipinski definition) is 8. The predicted octanol–water partition coefficient (Wildman–Crippen LogP) is 4.87. The van der Waals surface area contributed by atoms with E-state index < -0.39 is 17.4 Å². The molecule has 1 amide bonds. The van der Waals surface area contributed by atoms with Crippen molar-refractivity contribution in [1.29, 1.82) is 0 Å². The van der Waals surface area contributed by atoms with Crippen molar-refractivity contribution in [1.82, 2.24) is 19.9 Å². The number of nitrogens with zero attached hydrogens (tertiary/aromatic N) is 4. The van der Waals surface area contributed by atoms with Gasteiger partial charge in [0, 0.05) is 25.2 Å². The average Bonchev–Trinajstić information content (AvgIpc) is 3.46. The molecule has 1 atom stereocenters. The SMILES string of the molecule is COc1ccc(Cn2c(-c3ccccc3F)nc3sc(N(C)[C@H](C)C(=O)NCc4ccccc4)nc3c2=O)c(OC)c1. The van der Waals surface area contributed by atoms with Crippen LogP contribution >= 0.6 is 11.3 Å². The zero-order valence-corrected chi connectivity index (χ0v) is 24.4. The lowest BCUT2D eigenvalue weighted by Gasteiger charge is -2.23. The summed E-state index contributed by atoms with van der Waals surface area (Å²) in [4.78, 5) is 38.2. The fraction of sp³-hybridized carbons (Fsp3) is 0.226. The number of hydrogen-bond donors (Lipinski definition) is 1. The van der Waals surface area contributed by atoms with E-state index in [-0.39, 0.29) is 29.4 Å². The van der Waals surface area contributed by atoms with Crippen molar-refractivity contribution in [2.45, 2.75) is 26.1 Å². The Morgan fingerprint density at radius 1 is 1.05 bits per heavy atom. The van der Waals surface area contributed by atoms with Gasteiger partial charge >= 0.3 is 0 Å². The topological polar surface area (TPSA) is 98.6 Å². The molecule has 0 bridgehead atoms. The van der Waals surface area contributed by atoms with Gasteiger partial charge in [0.15, 0.2) is 15.5 Å². The summed E-state index contributed by atoms with van der Waals surface area (Å²) in [5.41, 5.74) is 1.54. The standard InChI is InChI=1S/C31H30FN5O4S/c1-19(28(38)33-17-20-10-6-5-7-11-20)36(2)31-34-26-29(42-31)35-27(23-12-8-9-13-24(23)32)37(30(26)39)18-21-14-15-22(40-3)16-25(21)41-4/h5-16,19H,17-18H2,1-4H3,(H,33,38)/t19-/m1/s1. The third-order valence-electron chi connectivity index (χ3n) is 7.02. The number of fused-ring (bicyclic) bond motifs is 1. The summed E-state index contributed by atoms with van der Waals surface area (Å²) in [6.45, 7) is 2.21. The lowest BCUT2D eigenvalue weighted by Crippen LogP contribution is -2.43. The molecule has 2 aromatic heterocycles. The summed E-state index contributed by atoms with van der Waals surface area (Å²) >= 11 is 1.17. The van der Waals surface area contributed by atoms with Gasteiger partial charge in [-0.3, -0.25) is 14.2 Å². The van der Waals surface area contributed by atoms with Crippen molar-refractivity contribution in [3.63, 3.8) is 0 Å². The van der Waals surface area contributed by atoms with Crippen LogP contribution in [-0.2, 0) is 17.9 Å². The highest BCUT2D eigenvalue weighted by molar-refractivity contribution is 7.21. The largest absolute Gasteiger partial charge is 0.497 e. The van der Waals surface area contributed by atoms with E-state index in [1.165, 1.54) is 29.1 Å². The van der Waals surface area contributed by atoms with E-state index in [2.05, 4.69) is 10.3 Å². The number of halogens is 1. The first-order valence-electron chi connectivity index (χ1n) is 13.2. The quantitative estimate of drug-likeness (QED) is 0.249. The van der Waals surface area contributed by atoms with Gasteiger partial charge < -0.3 is 19.7 Å². The van der Waals surface area contributed by atoms with Crippen LogP contribution in [0.1, 0.15) is 18.1 Å². The Morgan fingerprint density at radius 2 is 1.79 bits per heavy atom. The molecule has 0 saturated carbocycles. The maximum Gasteiger partial charge on any atom is 0.281 e. The molecule has 11 heteroatoms. The first-order valence-corrected chi connectivity index (χ1v) is 14.0. The van der Waals surface area contributed by atoms with E-state index in [0.717, 1.165) is 5.56 Å². The smallest absolute Gasteiger partial charge is 0.281 e. The van der Waals surface area contributed by atoms with Gasteiger partial charge in [0.2, 0.25) is 5.91 Å². The maximum atomic E-state index is 15.0. The van der Waals surface area contributed by atoms with Gasteiger partial charge in [0.05, 0.1) is 26.3 Å². The third kappa shape index (κ3) is 5.82. The second kappa shape index (κ2) is 12.4. The lowest BCUT2D eigenvalue weighted by atomic mass is 10.1. The van der Waals surface area contributed by atoms with Crippen LogP contribution in [-0.4, -0.2) is 47.8 Å². The lowest BCUT2D eigenvalue weighted by molar-refractivity contribution is -0.122. The van der Waals surface area contributed by atoms with Crippen molar-refractivity contribution in [2.75, 3.05) is 26.2 Å². The second-order valence-corrected chi connectivity index (χ2v) is 10.6. The van der Waals surface area contributed by atoms with Gasteiger partial charge in [-0.1, -0.05) is 53.8 Å². The number of carbonyl (C=O) groups is 1. The Morgan fingerprint density at radius 3 is 2.50 bits per heavy atom. The Kier molecular flexibility index (Phi) is 8.48. The first-order chi connectivity index (χ1) is 20.3. The van der Waals surface area contributed by atoms with Gasteiger partial charge in [0.1, 0.15) is 29.2 Å². The number of methoxy groups -OCH3 is 2. The highest BCUT2D eigenvalue weighted by Gasteiger charge is 2.25. The molecule has 0 aliphatic carbocycles. The minimum absolute atomic E-state index is 0.0552. The maximum absolute atomic E-state index is 15.0. The van der Waals surface area contributed by atoms with Gasteiger partial charge in [0.25, 0.3) is 5.56 Å². The van der Waals surface area contributed by atoms with Crippen molar-refractivity contribution >= 4 is 32.7 Å². The highest BCUT2D eigenvalue weighted by Crippen LogP contribution is 2.31. The molecule has 5 aromatic rings. The van der Waals surface area contributed by atoms with E-state index in [0.29, 0.717) is 33.6 Å². The van der Waals surface area contributed by atoms with Gasteiger partial charge in [-0.2, -0.15) is 0 Å². The molecule has 5 rings (SSSR count). The molecule has 1 N–H and O–H groups in total. The second-order valence-electron chi connectivity index (χ2n) is 9.62. The molecule has 0 aliphatic rings. The summed E-state index contributed by atoms with van der Waals surface area (Å²) < 4.78 is 27.3. The summed E-state index contributed by atoms with van der Waals surface area (Å²) in [5, 5.41) is 3.38. The summed E-state index contributed by atoms with van der Waals surface area (Å²) in [6, 6.07) is 20.5. The fourth-order valence-electron chi connectivity index (χ4n) is 4.47. The molecule has 3 aromatic carbocycles. The molecule has 0 fully saturated rings. The molecule has 2 heterocycles. The van der Waals surface area contributed by atoms with E-state index >= 15 is 4.39 Å². The van der Waals surface area contributed by atoms with Crippen molar-refractivity contribution in [3.8, 4) is 22.9 Å². The minimum Gasteiger partial charge on any atom is -0.497 e. The van der Waals surface area contributed by atoms with Crippen LogP contribution in [0, 0.1) is 5.82 Å². The van der Waals surface area contributed by atoms with Crippen LogP contribution in [0.2, 0.25) is 0 Å². The molecule has 0 spiro atoms. The summed E-state index contributed by atoms with van der Waals surface area (Å²) in [5.74, 6) is 0.569. The molecule has 0 radical (unpaired) electrons. The Balaban J connectivity index is 1.53. The van der Waals surface area contributed by atoms with Gasteiger partial charge in [-0.25, -0.2) is 14.4 Å². The van der Waals surface area contributed by atoms with Crippen molar-refractivity contribution < 1.29 is 18.7 Å². The van der Waals surface area contributed by atoms with Crippen LogP contribution in [0.5, 0.6) is 11.5 Å². The van der Waals surface area contributed by atoms with E-state index in [9.17, 15) is 9.59 Å². The molecule has 9 nitrogen and oxygen atoms in total. The third-order valence-corrected chi connectivity index (χ3v) is 8.06. The Bertz CT molecular complexity index is 1790. The molecule has 0 aliphatic heterocycles. The fourth-order valence-corrected chi connectivity index (χ4v) is 5.44. The van der Waals surface area contributed by atoms with Gasteiger partial charge in [-0.05, 0) is 36.8 Å². The molecular formula is C31H30FN5O4S. The number of anilines is 1. The normalized spacial score (nSPS) is 11.7. The zero-order chi connectivity index (χ0) is 29.8. The summed E-state index contributed by atoms with van der Waals surface area (Å²) in [7, 11) is 4.82. The van der Waals surface area contributed by atoms with E-state index in [1.807, 2.05) is 30.3 Å². The first kappa shape index (κ1) is 28.7. The number of amides is 1. The number of benzene rings is 3. The summed E-state index contributed by atoms with van der Waals surface area (Å²) in [6.07, 6.45) is 0. The van der Waals surface area contributed by atoms with Crippen LogP contribution in [0.4, 0.5) is 9.52 Å². The highest BCUT2D eigenvalue weighted by atomic mass is 32.1. The molecule has 0 unspecified atom stereocenters. The Hall–Kier alpha value is -4.77. The van der Waals surface area contributed by atoms with Crippen molar-refractivity contribution in [3.05, 3.63) is 100 Å². The number of thiazole rings is 1. The van der Waals surface area contributed by atoms with E-state index in [1.54, 1.807) is 62.4 Å². The molecule has 216 valence electrons. The average molecular weight is 588 g/mol. The van der Waals surface area contributed by atoms with Crippen LogP contribution < -0.4 is 25.2 Å². The number of aromatic nitrogens is 3. The molecular weight excluding hydrogens is 557 g/mol. The Labute approximate surface area is 246 Å². The number of rotatable bonds is 10. The number of ether oxygens (including phenoxy) is 2. The van der Waals surface area contributed by atoms with Crippen LogP contribution in [0.3, 0.4) is 0 Å². The predicted molar refractivity (Wildman–Crippen MR) is 162 cm³/mol. The minimum atomic E-state index is -0.578. The van der Waals surface area contributed by atoms with Crippen molar-refractivity contribution in [2.24, 2.45) is 0 Å². The number of nitrogens with one attached hydrogen (secondary N) is 1. The van der Waals surface area contributed by atoms with E-state index in [4.69, 9.17) is 14.5 Å². The molecule has 42 heavy (non-hydrogen) atoms. The van der Waals surface area contributed by atoms with Crippen LogP contribution in [0.25, 0.3) is 21.7 Å². The number of carbonyl (C=O) groups excluding carboxylic acids is 1. The molecule has 0 saturated heterocycles. The van der Waals surface area contributed by atoms with Gasteiger partial charge in [-0.15, -0.1) is 0 Å².